The number of aliphatic hydroxyl groups excluding tert-OH is 1. The van der Waals surface area contributed by atoms with Gasteiger partial charge >= 0.3 is 11.9 Å². The molecule has 1 fully saturated rings. The Kier molecular flexibility index (Phi) is 4.90. The summed E-state index contributed by atoms with van der Waals surface area (Å²) in [5.74, 6) is -1.25. The summed E-state index contributed by atoms with van der Waals surface area (Å²) in [6, 6.07) is -0.134. The highest BCUT2D eigenvalue weighted by Crippen LogP contribution is 1.94. The third-order valence-corrected chi connectivity index (χ3v) is 1.93. The van der Waals surface area contributed by atoms with E-state index < -0.39 is 18.3 Å². The highest BCUT2D eigenvalue weighted by Gasteiger charge is 2.21. The maximum atomic E-state index is 11.1. The van der Waals surface area contributed by atoms with Gasteiger partial charge in [0, 0.05) is 18.7 Å². The summed E-state index contributed by atoms with van der Waals surface area (Å²) in [7, 11) is 1.22. The number of hydrogen-bond acceptors (Lipinski definition) is 7. The third-order valence-electron chi connectivity index (χ3n) is 1.93. The molecule has 90 valence electrons. The standard InChI is InChI=1S/C9H14N2O5/c1-15-7(12)2-3-8(13)16-5-6-4-10-9(14)11-6/h2-3,6,9-11,14H,4-5H2,1H3/b3-2+/t6-,9?/m1/s1. The molecule has 0 spiro atoms. The van der Waals surface area contributed by atoms with Crippen molar-refractivity contribution in [3.63, 3.8) is 0 Å². The summed E-state index contributed by atoms with van der Waals surface area (Å²) in [5, 5.41) is 14.5. The first kappa shape index (κ1) is 12.6. The summed E-state index contributed by atoms with van der Waals surface area (Å²) in [4.78, 5) is 21.7. The van der Waals surface area contributed by atoms with Crippen molar-refractivity contribution >= 4 is 11.9 Å². The van der Waals surface area contributed by atoms with Crippen molar-refractivity contribution in [3.8, 4) is 0 Å². The number of nitrogens with one attached hydrogen (secondary N) is 2. The van der Waals surface area contributed by atoms with Crippen LogP contribution in [0.15, 0.2) is 12.2 Å². The van der Waals surface area contributed by atoms with Crippen molar-refractivity contribution in [2.24, 2.45) is 0 Å². The van der Waals surface area contributed by atoms with Crippen molar-refractivity contribution in [1.29, 1.82) is 0 Å². The average Bonchev–Trinajstić information content (AvgIpc) is 2.69. The van der Waals surface area contributed by atoms with E-state index in [0.717, 1.165) is 12.2 Å². The Morgan fingerprint density at radius 1 is 1.44 bits per heavy atom. The Balaban J connectivity index is 2.20. The average molecular weight is 230 g/mol. The van der Waals surface area contributed by atoms with Crippen molar-refractivity contribution in [2.75, 3.05) is 20.3 Å². The maximum Gasteiger partial charge on any atom is 0.331 e. The molecule has 1 aliphatic rings. The lowest BCUT2D eigenvalue weighted by Gasteiger charge is -2.09. The lowest BCUT2D eigenvalue weighted by atomic mass is 10.3. The van der Waals surface area contributed by atoms with Gasteiger partial charge in [-0.3, -0.25) is 10.6 Å². The van der Waals surface area contributed by atoms with Crippen LogP contribution in [0.2, 0.25) is 0 Å². The number of rotatable bonds is 4. The lowest BCUT2D eigenvalue weighted by Crippen LogP contribution is -2.35. The van der Waals surface area contributed by atoms with Crippen LogP contribution in [0.25, 0.3) is 0 Å². The molecule has 0 aromatic rings. The van der Waals surface area contributed by atoms with Crippen LogP contribution in [0, 0.1) is 0 Å². The van der Waals surface area contributed by atoms with Gasteiger partial charge in [-0.1, -0.05) is 0 Å². The lowest BCUT2D eigenvalue weighted by molar-refractivity contribution is -0.139. The van der Waals surface area contributed by atoms with E-state index in [1.165, 1.54) is 7.11 Å². The monoisotopic (exact) mass is 230 g/mol. The van der Waals surface area contributed by atoms with Crippen LogP contribution in [-0.4, -0.2) is 49.7 Å². The topological polar surface area (TPSA) is 96.9 Å². The first-order valence-electron chi connectivity index (χ1n) is 4.72. The Morgan fingerprint density at radius 3 is 2.69 bits per heavy atom. The number of methoxy groups -OCH3 is 1. The van der Waals surface area contributed by atoms with Gasteiger partial charge in [-0.25, -0.2) is 9.59 Å². The van der Waals surface area contributed by atoms with Gasteiger partial charge in [-0.15, -0.1) is 0 Å². The second-order valence-corrected chi connectivity index (χ2v) is 3.16. The van der Waals surface area contributed by atoms with Crippen LogP contribution >= 0.6 is 0 Å². The Hall–Kier alpha value is -1.44. The summed E-state index contributed by atoms with van der Waals surface area (Å²) >= 11 is 0. The number of carbonyl (C=O) groups is 2. The van der Waals surface area contributed by atoms with E-state index in [9.17, 15) is 9.59 Å². The molecule has 7 heteroatoms. The molecule has 0 aromatic heterocycles. The molecule has 16 heavy (non-hydrogen) atoms. The van der Waals surface area contributed by atoms with E-state index in [1.54, 1.807) is 0 Å². The quantitative estimate of drug-likeness (QED) is 0.383. The number of esters is 2. The van der Waals surface area contributed by atoms with E-state index in [1.807, 2.05) is 0 Å². The number of hydrogen-bond donors (Lipinski definition) is 3. The van der Waals surface area contributed by atoms with E-state index in [-0.39, 0.29) is 12.6 Å². The van der Waals surface area contributed by atoms with Gasteiger partial charge < -0.3 is 14.6 Å². The molecule has 1 aliphatic heterocycles. The van der Waals surface area contributed by atoms with Crippen LogP contribution in [0.1, 0.15) is 0 Å². The Bertz CT molecular complexity index is 292. The van der Waals surface area contributed by atoms with Gasteiger partial charge in [0.05, 0.1) is 13.2 Å². The minimum atomic E-state index is -0.769. The second kappa shape index (κ2) is 6.21. The fourth-order valence-corrected chi connectivity index (χ4v) is 1.14. The van der Waals surface area contributed by atoms with Gasteiger partial charge in [0.2, 0.25) is 0 Å². The molecular formula is C9H14N2O5. The first-order chi connectivity index (χ1) is 7.61. The summed E-state index contributed by atoms with van der Waals surface area (Å²) in [6.45, 7) is 0.629. The number of ether oxygens (including phenoxy) is 2. The smallest absolute Gasteiger partial charge is 0.331 e. The van der Waals surface area contributed by atoms with E-state index >= 15 is 0 Å². The minimum Gasteiger partial charge on any atom is -0.466 e. The van der Waals surface area contributed by atoms with Crippen molar-refractivity contribution in [3.05, 3.63) is 12.2 Å². The molecule has 1 unspecified atom stereocenters. The normalized spacial score (nSPS) is 24.6. The first-order valence-corrected chi connectivity index (χ1v) is 4.72. The molecule has 0 amide bonds. The molecule has 1 saturated heterocycles. The van der Waals surface area contributed by atoms with E-state index in [4.69, 9.17) is 9.84 Å². The molecule has 0 aliphatic carbocycles. The van der Waals surface area contributed by atoms with Gasteiger partial charge in [0.1, 0.15) is 6.61 Å². The van der Waals surface area contributed by atoms with Gasteiger partial charge in [-0.05, 0) is 0 Å². The molecule has 1 rings (SSSR count). The fourth-order valence-electron chi connectivity index (χ4n) is 1.14. The Morgan fingerprint density at radius 2 is 2.12 bits per heavy atom. The highest BCUT2D eigenvalue weighted by atomic mass is 16.5. The van der Waals surface area contributed by atoms with Crippen LogP contribution < -0.4 is 10.6 Å². The molecule has 1 heterocycles. The number of carbonyl (C=O) groups excluding carboxylic acids is 2. The van der Waals surface area contributed by atoms with Gasteiger partial charge in [0.25, 0.3) is 0 Å². The molecule has 0 saturated carbocycles. The van der Waals surface area contributed by atoms with Gasteiger partial charge in [0.15, 0.2) is 6.35 Å². The molecular weight excluding hydrogens is 216 g/mol. The molecule has 2 atom stereocenters. The SMILES string of the molecule is COC(=O)/C=C/C(=O)OC[C@H]1CNC(O)N1. The van der Waals surface area contributed by atoms with E-state index in [0.29, 0.717) is 6.54 Å². The predicted molar refractivity (Wildman–Crippen MR) is 53.0 cm³/mol. The van der Waals surface area contributed by atoms with Crippen LogP contribution in [0.3, 0.4) is 0 Å². The zero-order valence-corrected chi connectivity index (χ0v) is 8.80. The van der Waals surface area contributed by atoms with Crippen molar-refractivity contribution < 1.29 is 24.2 Å². The fraction of sp³-hybridized carbons (Fsp3) is 0.556. The summed E-state index contributed by atoms with van der Waals surface area (Å²) in [5.41, 5.74) is 0. The zero-order chi connectivity index (χ0) is 12.0. The molecule has 0 bridgehead atoms. The van der Waals surface area contributed by atoms with Crippen molar-refractivity contribution in [2.45, 2.75) is 12.4 Å². The maximum absolute atomic E-state index is 11.1. The summed E-state index contributed by atoms with van der Waals surface area (Å²) < 4.78 is 9.13. The largest absolute Gasteiger partial charge is 0.466 e. The molecule has 3 N–H and O–H groups in total. The summed E-state index contributed by atoms with van der Waals surface area (Å²) in [6.07, 6.45) is 1.21. The van der Waals surface area contributed by atoms with Crippen LogP contribution in [-0.2, 0) is 19.1 Å². The van der Waals surface area contributed by atoms with Crippen molar-refractivity contribution in [1.82, 2.24) is 10.6 Å². The second-order valence-electron chi connectivity index (χ2n) is 3.16. The third kappa shape index (κ3) is 4.39. The Labute approximate surface area is 92.4 Å². The van der Waals surface area contributed by atoms with Crippen LogP contribution in [0.5, 0.6) is 0 Å². The van der Waals surface area contributed by atoms with E-state index in [2.05, 4.69) is 15.4 Å². The highest BCUT2D eigenvalue weighted by molar-refractivity contribution is 5.91. The predicted octanol–water partition coefficient (Wildman–Crippen LogP) is -1.90. The number of aliphatic hydroxyl groups is 1. The van der Waals surface area contributed by atoms with Gasteiger partial charge in [-0.2, -0.15) is 0 Å². The molecule has 7 nitrogen and oxygen atoms in total. The minimum absolute atomic E-state index is 0.119. The van der Waals surface area contributed by atoms with Crippen LogP contribution in [0.4, 0.5) is 0 Å². The molecule has 0 radical (unpaired) electrons. The zero-order valence-electron chi connectivity index (χ0n) is 8.80. The molecule has 0 aromatic carbocycles.